The van der Waals surface area contributed by atoms with E-state index < -0.39 is 35.2 Å². The Kier molecular flexibility index (Phi) is 6.81. The molecule has 2 aromatic carbocycles. The quantitative estimate of drug-likeness (QED) is 0.539. The highest BCUT2D eigenvalue weighted by atomic mass is 32.1. The maximum atomic E-state index is 13.7. The minimum Gasteiger partial charge on any atom is -0.374 e. The molecule has 0 saturated heterocycles. The lowest BCUT2D eigenvalue weighted by Gasteiger charge is -2.30. The van der Waals surface area contributed by atoms with E-state index in [0.717, 1.165) is 11.1 Å². The Morgan fingerprint density at radius 2 is 1.58 bits per heavy atom. The summed E-state index contributed by atoms with van der Waals surface area (Å²) in [4.78, 5) is 16.4. The third-order valence-corrected chi connectivity index (χ3v) is 6.18. The maximum absolute atomic E-state index is 13.7. The first kappa shape index (κ1) is 23.0. The third-order valence-electron chi connectivity index (χ3n) is 5.06. The predicted octanol–water partition coefficient (Wildman–Crippen LogP) is 4.93. The Labute approximate surface area is 182 Å². The summed E-state index contributed by atoms with van der Waals surface area (Å²) in [5.74, 6) is -1.18. The molecule has 1 amide bonds. The number of nitrogens with one attached hydrogen (secondary N) is 1. The van der Waals surface area contributed by atoms with Gasteiger partial charge in [0.1, 0.15) is 5.01 Å². The van der Waals surface area contributed by atoms with Gasteiger partial charge in [-0.3, -0.25) is 4.79 Å². The maximum Gasteiger partial charge on any atom is 0.424 e. The molecule has 8 heteroatoms. The molecule has 0 aliphatic heterocycles. The summed E-state index contributed by atoms with van der Waals surface area (Å²) >= 11 is 0.683. The standard InChI is InChI=1S/C23H23F3N2O2S/c1-15-14-31-21(27-15)22(30,23(24,25)26)13-19(29)28-16(2)20(17-9-5-3-6-10-17)18-11-7-4-8-12-18/h3-12,14,16,20,30H,13H2,1-2H3,(H,28,29). The molecule has 3 aromatic rings. The van der Waals surface area contributed by atoms with E-state index in [2.05, 4.69) is 10.3 Å². The fraction of sp³-hybridized carbons (Fsp3) is 0.304. The summed E-state index contributed by atoms with van der Waals surface area (Å²) in [6.45, 7) is 3.27. The van der Waals surface area contributed by atoms with Crippen LogP contribution >= 0.6 is 11.3 Å². The number of halogens is 3. The Balaban J connectivity index is 1.85. The molecular formula is C23H23F3N2O2S. The van der Waals surface area contributed by atoms with E-state index in [1.165, 1.54) is 12.3 Å². The third kappa shape index (κ3) is 5.14. The number of benzene rings is 2. The van der Waals surface area contributed by atoms with Crippen LogP contribution in [0.1, 0.15) is 41.1 Å². The summed E-state index contributed by atoms with van der Waals surface area (Å²) in [6.07, 6.45) is -6.21. The van der Waals surface area contributed by atoms with Gasteiger partial charge in [0.15, 0.2) is 0 Å². The highest BCUT2D eigenvalue weighted by molar-refractivity contribution is 7.09. The normalized spacial score (nSPS) is 14.8. The molecule has 2 atom stereocenters. The number of thiazole rings is 1. The van der Waals surface area contributed by atoms with Crippen LogP contribution in [0.25, 0.3) is 0 Å². The average molecular weight is 449 g/mol. The van der Waals surface area contributed by atoms with E-state index in [1.54, 1.807) is 6.92 Å². The molecule has 1 heterocycles. The van der Waals surface area contributed by atoms with Crippen LogP contribution in [-0.2, 0) is 10.4 Å². The van der Waals surface area contributed by atoms with Gasteiger partial charge in [-0.05, 0) is 25.0 Å². The smallest absolute Gasteiger partial charge is 0.374 e. The van der Waals surface area contributed by atoms with E-state index in [-0.39, 0.29) is 5.92 Å². The van der Waals surface area contributed by atoms with Crippen LogP contribution in [0, 0.1) is 6.92 Å². The molecule has 0 spiro atoms. The van der Waals surface area contributed by atoms with Crippen molar-refractivity contribution in [2.75, 3.05) is 0 Å². The van der Waals surface area contributed by atoms with Crippen LogP contribution in [0.4, 0.5) is 13.2 Å². The first-order chi connectivity index (χ1) is 14.6. The van der Waals surface area contributed by atoms with Gasteiger partial charge in [0.25, 0.3) is 0 Å². The van der Waals surface area contributed by atoms with Gasteiger partial charge in [-0.25, -0.2) is 4.98 Å². The molecule has 0 saturated carbocycles. The molecule has 0 fully saturated rings. The van der Waals surface area contributed by atoms with Crippen LogP contribution < -0.4 is 5.32 Å². The lowest BCUT2D eigenvalue weighted by atomic mass is 9.85. The average Bonchev–Trinajstić information content (AvgIpc) is 3.15. The molecule has 2 unspecified atom stereocenters. The summed E-state index contributed by atoms with van der Waals surface area (Å²) < 4.78 is 41.2. The zero-order chi connectivity index (χ0) is 22.6. The summed E-state index contributed by atoms with van der Waals surface area (Å²) in [5, 5.41) is 14.0. The first-order valence-corrected chi connectivity index (χ1v) is 10.6. The van der Waals surface area contributed by atoms with Crippen LogP contribution in [0.5, 0.6) is 0 Å². The van der Waals surface area contributed by atoms with Crippen molar-refractivity contribution in [1.29, 1.82) is 0 Å². The van der Waals surface area contributed by atoms with E-state index in [1.807, 2.05) is 60.7 Å². The number of carbonyl (C=O) groups excluding carboxylic acids is 1. The van der Waals surface area contributed by atoms with Crippen LogP contribution in [-0.4, -0.2) is 28.2 Å². The van der Waals surface area contributed by atoms with E-state index in [4.69, 9.17) is 0 Å². The predicted molar refractivity (Wildman–Crippen MR) is 114 cm³/mol. The Bertz CT molecular complexity index is 969. The number of aromatic nitrogens is 1. The molecule has 4 nitrogen and oxygen atoms in total. The molecule has 0 aliphatic carbocycles. The van der Waals surface area contributed by atoms with Crippen LogP contribution in [0.15, 0.2) is 66.0 Å². The molecule has 0 bridgehead atoms. The molecule has 0 radical (unpaired) electrons. The highest BCUT2D eigenvalue weighted by Crippen LogP contribution is 2.43. The van der Waals surface area contributed by atoms with Crippen molar-refractivity contribution in [2.45, 2.75) is 44.0 Å². The zero-order valence-corrected chi connectivity index (χ0v) is 17.9. The summed E-state index contributed by atoms with van der Waals surface area (Å²) in [6, 6.07) is 18.3. The number of hydrogen-bond acceptors (Lipinski definition) is 4. The number of nitrogens with zero attached hydrogens (tertiary/aromatic N) is 1. The number of alkyl halides is 3. The number of aryl methyl sites for hydroxylation is 1. The Hall–Kier alpha value is -2.71. The highest BCUT2D eigenvalue weighted by Gasteiger charge is 2.58. The number of hydrogen-bond donors (Lipinski definition) is 2. The topological polar surface area (TPSA) is 62.2 Å². The number of amides is 1. The molecular weight excluding hydrogens is 425 g/mol. The lowest BCUT2D eigenvalue weighted by Crippen LogP contribution is -2.48. The molecule has 3 rings (SSSR count). The van der Waals surface area contributed by atoms with Crippen molar-refractivity contribution in [3.05, 3.63) is 87.9 Å². The van der Waals surface area contributed by atoms with Gasteiger partial charge < -0.3 is 10.4 Å². The number of carbonyl (C=O) groups is 1. The van der Waals surface area contributed by atoms with Crippen LogP contribution in [0.2, 0.25) is 0 Å². The fourth-order valence-electron chi connectivity index (χ4n) is 3.55. The Morgan fingerprint density at radius 1 is 1.06 bits per heavy atom. The van der Waals surface area contributed by atoms with E-state index in [0.29, 0.717) is 17.0 Å². The SMILES string of the molecule is Cc1csc(C(O)(CC(=O)NC(C)C(c2ccccc2)c2ccccc2)C(F)(F)F)n1. The van der Waals surface area contributed by atoms with E-state index >= 15 is 0 Å². The lowest BCUT2D eigenvalue weighted by molar-refractivity contribution is -0.267. The van der Waals surface area contributed by atoms with Crippen molar-refractivity contribution in [2.24, 2.45) is 0 Å². The van der Waals surface area contributed by atoms with Gasteiger partial charge in [-0.15, -0.1) is 11.3 Å². The first-order valence-electron chi connectivity index (χ1n) is 9.73. The Morgan fingerprint density at radius 3 is 2.00 bits per heavy atom. The van der Waals surface area contributed by atoms with Gasteiger partial charge >= 0.3 is 6.18 Å². The second kappa shape index (κ2) is 9.20. The van der Waals surface area contributed by atoms with Gasteiger partial charge in [-0.1, -0.05) is 60.7 Å². The largest absolute Gasteiger partial charge is 0.424 e. The monoisotopic (exact) mass is 448 g/mol. The second-order valence-corrected chi connectivity index (χ2v) is 8.34. The van der Waals surface area contributed by atoms with Gasteiger partial charge in [0.05, 0.1) is 6.42 Å². The van der Waals surface area contributed by atoms with Gasteiger partial charge in [0.2, 0.25) is 11.5 Å². The zero-order valence-electron chi connectivity index (χ0n) is 17.1. The molecule has 1 aromatic heterocycles. The fourth-order valence-corrected chi connectivity index (χ4v) is 4.47. The van der Waals surface area contributed by atoms with Crippen molar-refractivity contribution in [3.63, 3.8) is 0 Å². The summed E-state index contributed by atoms with van der Waals surface area (Å²) in [5.41, 5.74) is -1.15. The van der Waals surface area contributed by atoms with Crippen LogP contribution in [0.3, 0.4) is 0 Å². The number of aliphatic hydroxyl groups is 1. The van der Waals surface area contributed by atoms with Crippen molar-refractivity contribution in [3.8, 4) is 0 Å². The second-order valence-electron chi connectivity index (χ2n) is 7.48. The minimum absolute atomic E-state index is 0.271. The van der Waals surface area contributed by atoms with Crippen molar-refractivity contribution >= 4 is 17.2 Å². The van der Waals surface area contributed by atoms with Gasteiger partial charge in [0, 0.05) is 23.0 Å². The molecule has 2 N–H and O–H groups in total. The number of rotatable bonds is 7. The van der Waals surface area contributed by atoms with E-state index in [9.17, 15) is 23.1 Å². The van der Waals surface area contributed by atoms with Gasteiger partial charge in [-0.2, -0.15) is 13.2 Å². The van der Waals surface area contributed by atoms with Crippen molar-refractivity contribution in [1.82, 2.24) is 10.3 Å². The molecule has 31 heavy (non-hydrogen) atoms. The molecule has 164 valence electrons. The minimum atomic E-state index is -5.05. The summed E-state index contributed by atoms with van der Waals surface area (Å²) in [7, 11) is 0. The van der Waals surface area contributed by atoms with Crippen molar-refractivity contribution < 1.29 is 23.1 Å². The molecule has 0 aliphatic rings.